The molecule has 1 heterocycles. The van der Waals surface area contributed by atoms with Crippen LogP contribution in [0.2, 0.25) is 0 Å². The average Bonchev–Trinajstić information content (AvgIpc) is 3.10. The first kappa shape index (κ1) is 19.1. The first-order valence-corrected chi connectivity index (χ1v) is 9.81. The zero-order chi connectivity index (χ0) is 19.2. The molecule has 140 valence electrons. The van der Waals surface area contributed by atoms with Crippen LogP contribution in [0.1, 0.15) is 19.4 Å². The second-order valence-corrected chi connectivity index (χ2v) is 6.82. The second kappa shape index (κ2) is 8.81. The number of halogens is 1. The van der Waals surface area contributed by atoms with E-state index in [2.05, 4.69) is 15.5 Å². The van der Waals surface area contributed by atoms with Gasteiger partial charge >= 0.3 is 0 Å². The molecule has 0 aliphatic heterocycles. The van der Waals surface area contributed by atoms with E-state index in [1.807, 2.05) is 42.7 Å². The topological polar surface area (TPSA) is 59.8 Å². The number of carbonyl (C=O) groups excluding carboxylic acids is 1. The van der Waals surface area contributed by atoms with Crippen molar-refractivity contribution in [1.82, 2.24) is 14.8 Å². The highest BCUT2D eigenvalue weighted by molar-refractivity contribution is 7.99. The van der Waals surface area contributed by atoms with Gasteiger partial charge in [-0.3, -0.25) is 4.79 Å². The summed E-state index contributed by atoms with van der Waals surface area (Å²) in [7, 11) is 0. The number of nitrogens with zero attached hydrogens (tertiary/aromatic N) is 3. The van der Waals surface area contributed by atoms with Gasteiger partial charge in [0.25, 0.3) is 0 Å². The number of thioether (sulfide) groups is 1. The Balaban J connectivity index is 1.71. The summed E-state index contributed by atoms with van der Waals surface area (Å²) in [5.74, 6) is 0.215. The average molecular weight is 384 g/mol. The van der Waals surface area contributed by atoms with Crippen LogP contribution in [0.4, 0.5) is 10.1 Å². The van der Waals surface area contributed by atoms with E-state index in [4.69, 9.17) is 0 Å². The zero-order valence-corrected chi connectivity index (χ0v) is 16.1. The summed E-state index contributed by atoms with van der Waals surface area (Å²) in [6.45, 7) is 4.57. The Morgan fingerprint density at radius 1 is 1.11 bits per heavy atom. The highest BCUT2D eigenvalue weighted by atomic mass is 32.2. The summed E-state index contributed by atoms with van der Waals surface area (Å²) < 4.78 is 15.9. The lowest BCUT2D eigenvalue weighted by Crippen LogP contribution is -2.15. The molecule has 1 amide bonds. The zero-order valence-electron chi connectivity index (χ0n) is 15.3. The van der Waals surface area contributed by atoms with Crippen molar-refractivity contribution in [2.75, 3.05) is 11.1 Å². The van der Waals surface area contributed by atoms with Gasteiger partial charge in [0, 0.05) is 12.2 Å². The molecule has 0 unspecified atom stereocenters. The van der Waals surface area contributed by atoms with Crippen molar-refractivity contribution in [2.45, 2.75) is 32.0 Å². The maximum atomic E-state index is 14.1. The fourth-order valence-electron chi connectivity index (χ4n) is 2.79. The number of anilines is 1. The molecular formula is C20H21FN4OS. The molecule has 0 aliphatic carbocycles. The van der Waals surface area contributed by atoms with Gasteiger partial charge in [0.05, 0.1) is 11.3 Å². The van der Waals surface area contributed by atoms with Gasteiger partial charge in [-0.25, -0.2) is 4.39 Å². The number of rotatable bonds is 7. The molecule has 7 heteroatoms. The summed E-state index contributed by atoms with van der Waals surface area (Å²) in [6, 6.07) is 14.2. The summed E-state index contributed by atoms with van der Waals surface area (Å²) in [5, 5.41) is 11.8. The van der Waals surface area contributed by atoms with Crippen molar-refractivity contribution in [3.63, 3.8) is 0 Å². The van der Waals surface area contributed by atoms with Crippen molar-refractivity contribution in [2.24, 2.45) is 0 Å². The van der Waals surface area contributed by atoms with Crippen molar-refractivity contribution in [3.8, 4) is 11.4 Å². The van der Waals surface area contributed by atoms with Crippen molar-refractivity contribution in [3.05, 3.63) is 59.9 Å². The second-order valence-electron chi connectivity index (χ2n) is 5.88. The molecule has 0 saturated carbocycles. The Hall–Kier alpha value is -2.67. The van der Waals surface area contributed by atoms with Crippen LogP contribution < -0.4 is 5.32 Å². The molecule has 5 nitrogen and oxygen atoms in total. The van der Waals surface area contributed by atoms with E-state index in [0.717, 1.165) is 17.7 Å². The minimum atomic E-state index is -0.343. The number of benzene rings is 2. The van der Waals surface area contributed by atoms with Crippen LogP contribution in [0.25, 0.3) is 11.4 Å². The number of aryl methyl sites for hydroxylation is 1. The van der Waals surface area contributed by atoms with Crippen LogP contribution in [-0.4, -0.2) is 26.4 Å². The minimum absolute atomic E-state index is 0.112. The predicted octanol–water partition coefficient (Wildman–Crippen LogP) is 4.40. The van der Waals surface area contributed by atoms with Gasteiger partial charge in [0.15, 0.2) is 11.0 Å². The van der Waals surface area contributed by atoms with E-state index >= 15 is 0 Å². The molecule has 0 bridgehead atoms. The number of aromatic nitrogens is 3. The van der Waals surface area contributed by atoms with E-state index in [1.165, 1.54) is 17.8 Å². The first-order chi connectivity index (χ1) is 13.1. The van der Waals surface area contributed by atoms with Gasteiger partial charge in [-0.05, 0) is 37.1 Å². The summed E-state index contributed by atoms with van der Waals surface area (Å²) >= 11 is 1.29. The number of nitrogens with one attached hydrogen (secondary N) is 1. The summed E-state index contributed by atoms with van der Waals surface area (Å²) in [6.07, 6.45) is 0.847. The van der Waals surface area contributed by atoms with Crippen LogP contribution in [-0.2, 0) is 17.8 Å². The van der Waals surface area contributed by atoms with E-state index < -0.39 is 0 Å². The molecule has 3 rings (SSSR count). The van der Waals surface area contributed by atoms with E-state index in [-0.39, 0.29) is 17.5 Å². The Kier molecular flexibility index (Phi) is 6.24. The number of amides is 1. The predicted molar refractivity (Wildman–Crippen MR) is 106 cm³/mol. The minimum Gasteiger partial charge on any atom is -0.325 e. The molecule has 3 aromatic rings. The maximum Gasteiger partial charge on any atom is 0.234 e. The largest absolute Gasteiger partial charge is 0.325 e. The van der Waals surface area contributed by atoms with Crippen molar-refractivity contribution in [1.29, 1.82) is 0 Å². The molecule has 2 aromatic carbocycles. The van der Waals surface area contributed by atoms with Gasteiger partial charge in [-0.1, -0.05) is 49.0 Å². The lowest BCUT2D eigenvalue weighted by atomic mass is 10.1. The number of para-hydroxylation sites is 1. The van der Waals surface area contributed by atoms with Gasteiger partial charge < -0.3 is 9.88 Å². The molecule has 27 heavy (non-hydrogen) atoms. The third-order valence-corrected chi connectivity index (χ3v) is 5.12. The highest BCUT2D eigenvalue weighted by Crippen LogP contribution is 2.26. The smallest absolute Gasteiger partial charge is 0.234 e. The van der Waals surface area contributed by atoms with Crippen LogP contribution >= 0.6 is 11.8 Å². The number of carbonyl (C=O) groups is 1. The Morgan fingerprint density at radius 2 is 1.85 bits per heavy atom. The molecular weight excluding hydrogens is 363 g/mol. The van der Waals surface area contributed by atoms with Crippen LogP contribution in [0.15, 0.2) is 53.7 Å². The summed E-state index contributed by atoms with van der Waals surface area (Å²) in [5.41, 5.74) is 2.32. The Morgan fingerprint density at radius 3 is 2.59 bits per heavy atom. The third-order valence-electron chi connectivity index (χ3n) is 4.15. The number of hydrogen-bond donors (Lipinski definition) is 1. The van der Waals surface area contributed by atoms with Crippen LogP contribution in [0.3, 0.4) is 0 Å². The first-order valence-electron chi connectivity index (χ1n) is 8.82. The van der Waals surface area contributed by atoms with E-state index in [1.54, 1.807) is 18.2 Å². The van der Waals surface area contributed by atoms with E-state index in [9.17, 15) is 9.18 Å². The van der Waals surface area contributed by atoms with E-state index in [0.29, 0.717) is 23.1 Å². The van der Waals surface area contributed by atoms with Crippen LogP contribution in [0.5, 0.6) is 0 Å². The molecule has 0 radical (unpaired) electrons. The monoisotopic (exact) mass is 384 g/mol. The molecule has 0 saturated heterocycles. The van der Waals surface area contributed by atoms with Gasteiger partial charge in [-0.15, -0.1) is 10.2 Å². The number of hydrogen-bond acceptors (Lipinski definition) is 4. The molecule has 0 aliphatic rings. The molecule has 0 atom stereocenters. The third kappa shape index (κ3) is 4.36. The SMILES string of the molecule is CCc1ccccc1NC(=O)CSc1nnc(-c2ccccc2F)n1CC. The van der Waals surface area contributed by atoms with Gasteiger partial charge in [-0.2, -0.15) is 0 Å². The highest BCUT2D eigenvalue weighted by Gasteiger charge is 2.17. The molecule has 1 N–H and O–H groups in total. The van der Waals surface area contributed by atoms with Gasteiger partial charge in [0.2, 0.25) is 5.91 Å². The lowest BCUT2D eigenvalue weighted by Gasteiger charge is -2.10. The normalized spacial score (nSPS) is 10.8. The Labute approximate surface area is 162 Å². The fourth-order valence-corrected chi connectivity index (χ4v) is 3.59. The van der Waals surface area contributed by atoms with Crippen molar-refractivity contribution < 1.29 is 9.18 Å². The van der Waals surface area contributed by atoms with Crippen molar-refractivity contribution >= 4 is 23.4 Å². The molecule has 0 fully saturated rings. The van der Waals surface area contributed by atoms with Gasteiger partial charge in [0.1, 0.15) is 5.82 Å². The maximum absolute atomic E-state index is 14.1. The quantitative estimate of drug-likeness (QED) is 0.614. The summed E-state index contributed by atoms with van der Waals surface area (Å²) in [4.78, 5) is 12.3. The molecule has 0 spiro atoms. The fraction of sp³-hybridized carbons (Fsp3) is 0.250. The van der Waals surface area contributed by atoms with Crippen LogP contribution in [0, 0.1) is 5.82 Å². The molecule has 1 aromatic heterocycles. The Bertz CT molecular complexity index is 941. The standard InChI is InChI=1S/C20H21FN4OS/c1-3-14-9-5-8-12-17(14)22-18(26)13-27-20-24-23-19(25(20)4-2)15-10-6-7-11-16(15)21/h5-12H,3-4,13H2,1-2H3,(H,22,26). The lowest BCUT2D eigenvalue weighted by molar-refractivity contribution is -0.113.